The monoisotopic (exact) mass is 656 g/mol. The van der Waals surface area contributed by atoms with E-state index < -0.39 is 10.0 Å². The van der Waals surface area contributed by atoms with Crippen molar-refractivity contribution < 1.29 is 13.2 Å². The van der Waals surface area contributed by atoms with Gasteiger partial charge < -0.3 is 19.1 Å². The van der Waals surface area contributed by atoms with Crippen LogP contribution in [0.4, 0.5) is 0 Å². The molecule has 1 saturated heterocycles. The van der Waals surface area contributed by atoms with Crippen molar-refractivity contribution in [2.45, 2.75) is 64.3 Å². The second kappa shape index (κ2) is 16.6. The molecular formula is C39H52N4O3S. The Hall–Kier alpha value is -3.43. The molecule has 0 spiro atoms. The van der Waals surface area contributed by atoms with Crippen LogP contribution in [0.15, 0.2) is 96.2 Å². The van der Waals surface area contributed by atoms with Gasteiger partial charge in [-0.1, -0.05) is 70.2 Å². The predicted octanol–water partition coefficient (Wildman–Crippen LogP) is 7.64. The number of fused-ring (bicyclic) bond motifs is 2. The van der Waals surface area contributed by atoms with Gasteiger partial charge in [-0.2, -0.15) is 0 Å². The molecule has 0 N–H and O–H groups in total. The molecule has 5 aromatic rings. The molecule has 1 fully saturated rings. The minimum Gasteiger partial charge on any atom is -0.381 e. The van der Waals surface area contributed by atoms with Crippen LogP contribution >= 0.6 is 0 Å². The third kappa shape index (κ3) is 8.54. The van der Waals surface area contributed by atoms with Gasteiger partial charge in [-0.05, 0) is 105 Å². The van der Waals surface area contributed by atoms with E-state index in [9.17, 15) is 8.42 Å². The van der Waals surface area contributed by atoms with Crippen LogP contribution in [-0.2, 0) is 27.6 Å². The molecule has 1 aliphatic rings. The van der Waals surface area contributed by atoms with Crippen molar-refractivity contribution in [3.63, 3.8) is 0 Å². The Labute approximate surface area is 281 Å². The first-order chi connectivity index (χ1) is 22.9. The Bertz CT molecular complexity index is 1800. The maximum absolute atomic E-state index is 12.9. The molecule has 6 rings (SSSR count). The van der Waals surface area contributed by atoms with Gasteiger partial charge in [-0.15, -0.1) is 0 Å². The smallest absolute Gasteiger partial charge is 0.268 e. The second-order valence-electron chi connectivity index (χ2n) is 12.3. The molecule has 3 aromatic carbocycles. The van der Waals surface area contributed by atoms with Crippen molar-refractivity contribution in [2.75, 3.05) is 52.5 Å². The Morgan fingerprint density at radius 2 is 1.21 bits per heavy atom. The highest BCUT2D eigenvalue weighted by Gasteiger charge is 2.19. The fourth-order valence-electron chi connectivity index (χ4n) is 6.51. The SMILES string of the molecule is CCN(CC)CCc1ccc2ccn(C3CCOCC3)c2c1.CCN(CC)CCc1ccc2ccn(S(=O)(=O)c3ccccc3)c2c1. The van der Waals surface area contributed by atoms with Crippen LogP contribution in [0.5, 0.6) is 0 Å². The summed E-state index contributed by atoms with van der Waals surface area (Å²) in [6, 6.07) is 26.3. The van der Waals surface area contributed by atoms with E-state index in [2.05, 4.69) is 78.6 Å². The number of hydrogen-bond acceptors (Lipinski definition) is 5. The quantitative estimate of drug-likeness (QED) is 0.130. The van der Waals surface area contributed by atoms with Crippen LogP contribution in [0.1, 0.15) is 57.7 Å². The first kappa shape index (κ1) is 34.9. The number of rotatable bonds is 13. The molecule has 47 heavy (non-hydrogen) atoms. The topological polar surface area (TPSA) is 59.7 Å². The lowest BCUT2D eigenvalue weighted by Gasteiger charge is -2.24. The van der Waals surface area contributed by atoms with E-state index in [1.807, 2.05) is 24.3 Å². The second-order valence-corrected chi connectivity index (χ2v) is 14.2. The van der Waals surface area contributed by atoms with E-state index in [4.69, 9.17) is 4.74 Å². The highest BCUT2D eigenvalue weighted by atomic mass is 32.2. The van der Waals surface area contributed by atoms with Gasteiger partial charge in [-0.25, -0.2) is 12.4 Å². The molecule has 2 aromatic heterocycles. The van der Waals surface area contributed by atoms with Crippen molar-refractivity contribution in [1.29, 1.82) is 0 Å². The minimum atomic E-state index is -3.57. The summed E-state index contributed by atoms with van der Waals surface area (Å²) >= 11 is 0. The molecule has 8 heteroatoms. The molecule has 0 bridgehead atoms. The van der Waals surface area contributed by atoms with Crippen molar-refractivity contribution in [1.82, 2.24) is 18.3 Å². The summed E-state index contributed by atoms with van der Waals surface area (Å²) < 4.78 is 35.2. The van der Waals surface area contributed by atoms with Gasteiger partial charge in [0, 0.05) is 55.6 Å². The van der Waals surface area contributed by atoms with Gasteiger partial charge in [0.25, 0.3) is 10.0 Å². The van der Waals surface area contributed by atoms with Gasteiger partial charge in [0.15, 0.2) is 0 Å². The summed E-state index contributed by atoms with van der Waals surface area (Å²) in [6.45, 7) is 17.0. The third-order valence-corrected chi connectivity index (χ3v) is 11.3. The summed E-state index contributed by atoms with van der Waals surface area (Å²) in [7, 11) is -3.57. The summed E-state index contributed by atoms with van der Waals surface area (Å²) in [4.78, 5) is 5.16. The van der Waals surface area contributed by atoms with Crippen LogP contribution in [0.3, 0.4) is 0 Å². The summed E-state index contributed by atoms with van der Waals surface area (Å²) in [6.07, 6.45) is 8.21. The Morgan fingerprint density at radius 3 is 1.79 bits per heavy atom. The molecule has 7 nitrogen and oxygen atoms in total. The van der Waals surface area contributed by atoms with Gasteiger partial charge in [-0.3, -0.25) is 0 Å². The van der Waals surface area contributed by atoms with E-state index in [1.54, 1.807) is 30.5 Å². The van der Waals surface area contributed by atoms with Crippen molar-refractivity contribution in [2.24, 2.45) is 0 Å². The fourth-order valence-corrected chi connectivity index (χ4v) is 7.87. The summed E-state index contributed by atoms with van der Waals surface area (Å²) in [5, 5.41) is 2.30. The molecule has 1 aliphatic heterocycles. The highest BCUT2D eigenvalue weighted by molar-refractivity contribution is 7.90. The molecule has 0 saturated carbocycles. The Morgan fingerprint density at radius 1 is 0.681 bits per heavy atom. The van der Waals surface area contributed by atoms with Crippen LogP contribution in [0, 0.1) is 0 Å². The van der Waals surface area contributed by atoms with Gasteiger partial charge in [0.1, 0.15) is 0 Å². The number of nitrogens with zero attached hydrogens (tertiary/aromatic N) is 4. The number of ether oxygens (including phenoxy) is 1. The first-order valence-corrected chi connectivity index (χ1v) is 18.8. The highest BCUT2D eigenvalue weighted by Crippen LogP contribution is 2.28. The molecular weight excluding hydrogens is 605 g/mol. The molecule has 3 heterocycles. The summed E-state index contributed by atoms with van der Waals surface area (Å²) in [5.74, 6) is 0. The number of hydrogen-bond donors (Lipinski definition) is 0. The average molecular weight is 657 g/mol. The normalized spacial score (nSPS) is 14.3. The van der Waals surface area contributed by atoms with Crippen LogP contribution in [0.25, 0.3) is 21.8 Å². The largest absolute Gasteiger partial charge is 0.381 e. The number of benzene rings is 3. The maximum atomic E-state index is 12.9. The average Bonchev–Trinajstić information content (AvgIpc) is 3.75. The molecule has 0 atom stereocenters. The van der Waals surface area contributed by atoms with E-state index >= 15 is 0 Å². The van der Waals surface area contributed by atoms with E-state index in [0.29, 0.717) is 10.9 Å². The van der Waals surface area contributed by atoms with Gasteiger partial charge in [0.2, 0.25) is 0 Å². The molecule has 0 unspecified atom stereocenters. The molecule has 0 radical (unpaired) electrons. The zero-order chi connectivity index (χ0) is 33.2. The third-order valence-electron chi connectivity index (χ3n) is 9.62. The Kier molecular flexibility index (Phi) is 12.3. The predicted molar refractivity (Wildman–Crippen MR) is 195 cm³/mol. The van der Waals surface area contributed by atoms with Crippen molar-refractivity contribution >= 4 is 31.8 Å². The lowest BCUT2D eigenvalue weighted by atomic mass is 10.1. The Balaban J connectivity index is 0.000000186. The van der Waals surface area contributed by atoms with E-state index in [1.165, 1.54) is 20.4 Å². The molecule has 252 valence electrons. The van der Waals surface area contributed by atoms with E-state index in [0.717, 1.165) is 94.6 Å². The van der Waals surface area contributed by atoms with Crippen molar-refractivity contribution in [3.8, 4) is 0 Å². The van der Waals surface area contributed by atoms with Crippen LogP contribution in [0.2, 0.25) is 0 Å². The first-order valence-electron chi connectivity index (χ1n) is 17.4. The van der Waals surface area contributed by atoms with Crippen LogP contribution < -0.4 is 0 Å². The zero-order valence-electron chi connectivity index (χ0n) is 28.6. The number of aromatic nitrogens is 2. The summed E-state index contributed by atoms with van der Waals surface area (Å²) in [5.41, 5.74) is 4.74. The van der Waals surface area contributed by atoms with Gasteiger partial charge >= 0.3 is 0 Å². The lowest BCUT2D eigenvalue weighted by Crippen LogP contribution is -2.25. The van der Waals surface area contributed by atoms with E-state index in [-0.39, 0.29) is 0 Å². The fraction of sp³-hybridized carbons (Fsp3) is 0.436. The molecule has 0 amide bonds. The molecule has 0 aliphatic carbocycles. The van der Waals surface area contributed by atoms with Crippen LogP contribution in [-0.4, -0.2) is 79.2 Å². The number of likely N-dealkylation sites (N-methyl/N-ethyl adjacent to an activating group) is 2. The zero-order valence-corrected chi connectivity index (χ0v) is 29.5. The minimum absolute atomic E-state index is 0.307. The van der Waals surface area contributed by atoms with Gasteiger partial charge in [0.05, 0.1) is 10.4 Å². The van der Waals surface area contributed by atoms with Crippen molar-refractivity contribution in [3.05, 3.63) is 102 Å². The lowest BCUT2D eigenvalue weighted by molar-refractivity contribution is 0.0707. The standard InChI is InChI=1S/C20H24N2O2S.C19H28N2O/c1-3-21(4-2)14-12-17-10-11-18-13-15-22(20(18)16-17)25(23,24)19-8-6-5-7-9-19;1-3-20(4-2)11-7-16-5-6-17-8-12-21(19(17)15-16)18-9-13-22-14-10-18/h5-11,13,15-16H,3-4,12,14H2,1-2H3;5-6,8,12,15,18H,3-4,7,9-11,13-14H2,1-2H3. The maximum Gasteiger partial charge on any atom is 0.268 e.